The van der Waals surface area contributed by atoms with Gasteiger partial charge in [0.1, 0.15) is 5.75 Å². The Morgan fingerprint density at radius 1 is 1.25 bits per heavy atom. The summed E-state index contributed by atoms with van der Waals surface area (Å²) in [7, 11) is 0. The smallest absolute Gasteiger partial charge is 0.125 e. The third-order valence-corrected chi connectivity index (χ3v) is 4.19. The molecule has 0 bridgehead atoms. The number of hydrogen-bond acceptors (Lipinski definition) is 3. The molecule has 0 saturated heterocycles. The summed E-state index contributed by atoms with van der Waals surface area (Å²) in [4.78, 5) is 1.37. The van der Waals surface area contributed by atoms with Crippen LogP contribution in [0.2, 0.25) is 0 Å². The molecule has 1 atom stereocenters. The molecule has 0 fully saturated rings. The van der Waals surface area contributed by atoms with E-state index in [1.807, 2.05) is 6.92 Å². The highest BCUT2D eigenvalue weighted by molar-refractivity contribution is 7.09. The zero-order chi connectivity index (χ0) is 14.5. The second kappa shape index (κ2) is 6.91. The fraction of sp³-hybridized carbons (Fsp3) is 0.412. The molecular weight excluding hydrogens is 266 g/mol. The molecule has 1 aromatic carbocycles. The van der Waals surface area contributed by atoms with Gasteiger partial charge in [0.2, 0.25) is 0 Å². The van der Waals surface area contributed by atoms with Crippen molar-refractivity contribution in [2.75, 3.05) is 6.61 Å². The van der Waals surface area contributed by atoms with Gasteiger partial charge in [-0.05, 0) is 55.3 Å². The lowest BCUT2D eigenvalue weighted by Crippen LogP contribution is -2.18. The van der Waals surface area contributed by atoms with Crippen molar-refractivity contribution >= 4 is 11.3 Å². The quantitative estimate of drug-likeness (QED) is 0.876. The molecule has 0 saturated carbocycles. The Kier molecular flexibility index (Phi) is 5.21. The second-order valence-corrected chi connectivity index (χ2v) is 6.45. The molecule has 2 N–H and O–H groups in total. The highest BCUT2D eigenvalue weighted by Gasteiger charge is 2.08. The van der Waals surface area contributed by atoms with E-state index in [0.29, 0.717) is 0 Å². The lowest BCUT2D eigenvalue weighted by Gasteiger charge is -2.15. The minimum atomic E-state index is 0.194. The minimum absolute atomic E-state index is 0.194. The van der Waals surface area contributed by atoms with Gasteiger partial charge in [-0.2, -0.15) is 0 Å². The lowest BCUT2D eigenvalue weighted by atomic mass is 10.0. The number of nitrogens with two attached hydrogens (primary N) is 1. The Labute approximate surface area is 125 Å². The molecule has 2 aromatic rings. The van der Waals surface area contributed by atoms with Gasteiger partial charge in [-0.3, -0.25) is 0 Å². The molecule has 3 heteroatoms. The Hall–Kier alpha value is -1.32. The molecule has 0 aliphatic heterocycles. The summed E-state index contributed by atoms with van der Waals surface area (Å²) in [6.07, 6.45) is 1.88. The van der Waals surface area contributed by atoms with Gasteiger partial charge >= 0.3 is 0 Å². The molecule has 20 heavy (non-hydrogen) atoms. The largest absolute Gasteiger partial charge is 0.493 e. The average Bonchev–Trinajstić information content (AvgIpc) is 2.84. The van der Waals surface area contributed by atoms with Gasteiger partial charge < -0.3 is 10.5 Å². The van der Waals surface area contributed by atoms with Crippen LogP contribution in [0.5, 0.6) is 5.75 Å². The average molecular weight is 289 g/mol. The first kappa shape index (κ1) is 15.1. The van der Waals surface area contributed by atoms with Crippen molar-refractivity contribution in [1.82, 2.24) is 0 Å². The van der Waals surface area contributed by atoms with Crippen LogP contribution >= 0.6 is 11.3 Å². The van der Waals surface area contributed by atoms with Gasteiger partial charge in [-0.15, -0.1) is 11.3 Å². The molecule has 0 amide bonds. The molecule has 2 nitrogen and oxygen atoms in total. The first-order chi connectivity index (χ1) is 9.56. The molecule has 1 heterocycles. The lowest BCUT2D eigenvalue weighted by molar-refractivity contribution is 0.318. The Morgan fingerprint density at radius 3 is 2.50 bits per heavy atom. The predicted molar refractivity (Wildman–Crippen MR) is 86.8 cm³/mol. The Balaban J connectivity index is 2.00. The summed E-state index contributed by atoms with van der Waals surface area (Å²) in [5.41, 5.74) is 9.56. The summed E-state index contributed by atoms with van der Waals surface area (Å²) < 4.78 is 5.98. The zero-order valence-corrected chi connectivity index (χ0v) is 13.3. The summed E-state index contributed by atoms with van der Waals surface area (Å²) in [5.74, 6) is 1.02. The summed E-state index contributed by atoms with van der Waals surface area (Å²) in [6, 6.07) is 8.81. The third-order valence-electron chi connectivity index (χ3n) is 3.25. The number of benzene rings is 1. The van der Waals surface area contributed by atoms with Crippen LogP contribution in [0.3, 0.4) is 0 Å². The fourth-order valence-corrected chi connectivity index (χ4v) is 3.16. The topological polar surface area (TPSA) is 35.2 Å². The highest BCUT2D eigenvalue weighted by Crippen LogP contribution is 2.25. The van der Waals surface area contributed by atoms with E-state index < -0.39 is 0 Å². The van der Waals surface area contributed by atoms with Crippen molar-refractivity contribution < 1.29 is 4.74 Å². The van der Waals surface area contributed by atoms with E-state index in [1.54, 1.807) is 11.3 Å². The fourth-order valence-electron chi connectivity index (χ4n) is 2.47. The van der Waals surface area contributed by atoms with E-state index >= 15 is 0 Å². The van der Waals surface area contributed by atoms with Crippen molar-refractivity contribution in [1.29, 1.82) is 0 Å². The normalized spacial score (nSPS) is 12.4. The monoisotopic (exact) mass is 289 g/mol. The highest BCUT2D eigenvalue weighted by atomic mass is 32.1. The van der Waals surface area contributed by atoms with Crippen LogP contribution in [0.4, 0.5) is 0 Å². The standard InChI is InChI=1S/C17H23NOS/c1-12-9-15(11-14(3)18)10-13(2)17(12)19-7-6-16-5-4-8-20-16/h4-5,8-10,14H,6-7,11,18H2,1-3H3. The molecule has 108 valence electrons. The molecule has 1 aromatic heterocycles. The zero-order valence-electron chi connectivity index (χ0n) is 12.5. The van der Waals surface area contributed by atoms with Crippen LogP contribution in [0.1, 0.15) is 28.5 Å². The maximum atomic E-state index is 5.98. The van der Waals surface area contributed by atoms with Crippen molar-refractivity contribution in [2.45, 2.75) is 39.7 Å². The van der Waals surface area contributed by atoms with Gasteiger partial charge in [0.15, 0.2) is 0 Å². The Bertz CT molecular complexity index is 523. The molecule has 0 spiro atoms. The number of rotatable bonds is 6. The van der Waals surface area contributed by atoms with Gasteiger partial charge in [0.05, 0.1) is 6.61 Å². The minimum Gasteiger partial charge on any atom is -0.493 e. The van der Waals surface area contributed by atoms with Crippen LogP contribution in [-0.2, 0) is 12.8 Å². The number of ether oxygens (including phenoxy) is 1. The Morgan fingerprint density at radius 2 is 1.95 bits per heavy atom. The van der Waals surface area contributed by atoms with E-state index in [0.717, 1.165) is 25.2 Å². The van der Waals surface area contributed by atoms with Gasteiger partial charge in [0.25, 0.3) is 0 Å². The summed E-state index contributed by atoms with van der Waals surface area (Å²) in [6.45, 7) is 6.99. The van der Waals surface area contributed by atoms with Gasteiger partial charge in [-0.1, -0.05) is 18.2 Å². The van der Waals surface area contributed by atoms with Gasteiger partial charge in [0, 0.05) is 17.3 Å². The summed E-state index contributed by atoms with van der Waals surface area (Å²) >= 11 is 1.78. The molecular formula is C17H23NOS. The number of aryl methyl sites for hydroxylation is 2. The van der Waals surface area contributed by atoms with E-state index in [-0.39, 0.29) is 6.04 Å². The van der Waals surface area contributed by atoms with E-state index in [4.69, 9.17) is 10.5 Å². The predicted octanol–water partition coefficient (Wildman–Crippen LogP) is 3.88. The SMILES string of the molecule is Cc1cc(CC(C)N)cc(C)c1OCCc1cccs1. The van der Waals surface area contributed by atoms with Crippen LogP contribution in [0.25, 0.3) is 0 Å². The van der Waals surface area contributed by atoms with E-state index in [1.165, 1.54) is 21.6 Å². The van der Waals surface area contributed by atoms with Crippen LogP contribution in [0, 0.1) is 13.8 Å². The molecule has 1 unspecified atom stereocenters. The molecule has 0 radical (unpaired) electrons. The third kappa shape index (κ3) is 4.09. The van der Waals surface area contributed by atoms with Crippen molar-refractivity contribution in [3.63, 3.8) is 0 Å². The van der Waals surface area contributed by atoms with Crippen LogP contribution in [-0.4, -0.2) is 12.6 Å². The maximum Gasteiger partial charge on any atom is 0.125 e. The van der Waals surface area contributed by atoms with Gasteiger partial charge in [-0.25, -0.2) is 0 Å². The van der Waals surface area contributed by atoms with Crippen molar-refractivity contribution in [3.8, 4) is 5.75 Å². The second-order valence-electron chi connectivity index (χ2n) is 5.42. The molecule has 2 rings (SSSR count). The molecule has 0 aliphatic rings. The van der Waals surface area contributed by atoms with Crippen LogP contribution in [0.15, 0.2) is 29.6 Å². The number of thiophene rings is 1. The first-order valence-corrected chi connectivity index (χ1v) is 7.95. The molecule has 0 aliphatic carbocycles. The maximum absolute atomic E-state index is 5.98. The van der Waals surface area contributed by atoms with E-state index in [9.17, 15) is 0 Å². The van der Waals surface area contributed by atoms with Crippen molar-refractivity contribution in [3.05, 3.63) is 51.2 Å². The first-order valence-electron chi connectivity index (χ1n) is 7.07. The van der Waals surface area contributed by atoms with E-state index in [2.05, 4.69) is 43.5 Å². The van der Waals surface area contributed by atoms with Crippen LogP contribution < -0.4 is 10.5 Å². The summed E-state index contributed by atoms with van der Waals surface area (Å²) in [5, 5.41) is 2.11. The number of hydrogen-bond donors (Lipinski definition) is 1. The van der Waals surface area contributed by atoms with Crippen molar-refractivity contribution in [2.24, 2.45) is 5.73 Å².